The van der Waals surface area contributed by atoms with E-state index in [0.29, 0.717) is 6.04 Å². The Kier molecular flexibility index (Phi) is 6.55. The molecular weight excluding hydrogens is 134 g/mol. The van der Waals surface area contributed by atoms with Crippen LogP contribution in [0, 0.1) is 6.92 Å². The summed E-state index contributed by atoms with van der Waals surface area (Å²) in [6.45, 7) is 3.72. The molecular formula is C7H15ClN. The second kappa shape index (κ2) is 6.37. The van der Waals surface area contributed by atoms with Gasteiger partial charge in [-0.15, -0.1) is 11.6 Å². The molecule has 0 aliphatic heterocycles. The lowest BCUT2D eigenvalue weighted by atomic mass is 10.1. The fourth-order valence-electron chi connectivity index (χ4n) is 0.746. The lowest BCUT2D eigenvalue weighted by Gasteiger charge is -2.06. The van der Waals surface area contributed by atoms with E-state index in [2.05, 4.69) is 6.92 Å². The van der Waals surface area contributed by atoms with Crippen LogP contribution in [0.5, 0.6) is 0 Å². The first kappa shape index (κ1) is 9.25. The van der Waals surface area contributed by atoms with E-state index in [4.69, 9.17) is 17.3 Å². The Labute approximate surface area is 62.6 Å². The quantitative estimate of drug-likeness (QED) is 0.593. The van der Waals surface area contributed by atoms with Gasteiger partial charge in [0.2, 0.25) is 0 Å². The van der Waals surface area contributed by atoms with Crippen molar-refractivity contribution in [2.75, 3.05) is 5.88 Å². The summed E-state index contributed by atoms with van der Waals surface area (Å²) in [5, 5.41) is 0. The van der Waals surface area contributed by atoms with Crippen molar-refractivity contribution in [3.8, 4) is 0 Å². The SMILES string of the molecule is [CH2]CCC(N)CCCCl. The topological polar surface area (TPSA) is 26.0 Å². The maximum Gasteiger partial charge on any atom is 0.0224 e. The molecule has 0 amide bonds. The van der Waals surface area contributed by atoms with Gasteiger partial charge in [0.05, 0.1) is 0 Å². The molecule has 0 saturated carbocycles. The van der Waals surface area contributed by atoms with Crippen LogP contribution in [0.25, 0.3) is 0 Å². The van der Waals surface area contributed by atoms with Crippen LogP contribution in [0.1, 0.15) is 25.7 Å². The van der Waals surface area contributed by atoms with E-state index in [1.807, 2.05) is 0 Å². The number of rotatable bonds is 5. The number of alkyl halides is 1. The average Bonchev–Trinajstić information content (AvgIpc) is 1.85. The van der Waals surface area contributed by atoms with Gasteiger partial charge in [0, 0.05) is 11.9 Å². The molecule has 0 fully saturated rings. The van der Waals surface area contributed by atoms with Crippen molar-refractivity contribution in [2.45, 2.75) is 31.7 Å². The fourth-order valence-corrected chi connectivity index (χ4v) is 0.900. The van der Waals surface area contributed by atoms with Crippen molar-refractivity contribution in [3.05, 3.63) is 6.92 Å². The van der Waals surface area contributed by atoms with Gasteiger partial charge in [0.15, 0.2) is 0 Å². The third kappa shape index (κ3) is 6.13. The van der Waals surface area contributed by atoms with Crippen LogP contribution >= 0.6 is 11.6 Å². The smallest absolute Gasteiger partial charge is 0.0224 e. The van der Waals surface area contributed by atoms with E-state index in [0.717, 1.165) is 31.6 Å². The molecule has 2 N–H and O–H groups in total. The molecule has 0 aromatic carbocycles. The Morgan fingerprint density at radius 1 is 1.44 bits per heavy atom. The van der Waals surface area contributed by atoms with E-state index in [-0.39, 0.29) is 0 Å². The van der Waals surface area contributed by atoms with Gasteiger partial charge in [0.1, 0.15) is 0 Å². The zero-order chi connectivity index (χ0) is 7.11. The van der Waals surface area contributed by atoms with Crippen LogP contribution in [0.4, 0.5) is 0 Å². The maximum absolute atomic E-state index is 5.67. The van der Waals surface area contributed by atoms with Gasteiger partial charge in [-0.25, -0.2) is 0 Å². The number of hydrogen-bond donors (Lipinski definition) is 1. The molecule has 0 heterocycles. The van der Waals surface area contributed by atoms with Crippen LogP contribution in [0.3, 0.4) is 0 Å². The number of halogens is 1. The fraction of sp³-hybridized carbons (Fsp3) is 0.857. The van der Waals surface area contributed by atoms with Crippen molar-refractivity contribution in [1.82, 2.24) is 0 Å². The van der Waals surface area contributed by atoms with Crippen molar-refractivity contribution in [2.24, 2.45) is 5.73 Å². The third-order valence-corrected chi connectivity index (χ3v) is 1.55. The van der Waals surface area contributed by atoms with Crippen molar-refractivity contribution >= 4 is 11.6 Å². The first-order valence-corrected chi connectivity index (χ1v) is 3.95. The Hall–Kier alpha value is 0.250. The van der Waals surface area contributed by atoms with E-state index >= 15 is 0 Å². The van der Waals surface area contributed by atoms with Crippen molar-refractivity contribution in [1.29, 1.82) is 0 Å². The van der Waals surface area contributed by atoms with Gasteiger partial charge in [-0.05, 0) is 19.3 Å². The minimum absolute atomic E-state index is 0.321. The second-order valence-corrected chi connectivity index (χ2v) is 2.61. The van der Waals surface area contributed by atoms with Gasteiger partial charge in [-0.2, -0.15) is 0 Å². The minimum atomic E-state index is 0.321. The number of hydrogen-bond acceptors (Lipinski definition) is 1. The molecule has 2 heteroatoms. The molecule has 0 bridgehead atoms. The highest BCUT2D eigenvalue weighted by Gasteiger charge is 1.98. The molecule has 55 valence electrons. The standard InChI is InChI=1S/C7H15ClN/c1-2-4-7(9)5-3-6-8/h7H,1-6,9H2. The molecule has 0 aliphatic carbocycles. The summed E-state index contributed by atoms with van der Waals surface area (Å²) in [7, 11) is 0. The van der Waals surface area contributed by atoms with E-state index in [1.54, 1.807) is 0 Å². The summed E-state index contributed by atoms with van der Waals surface area (Å²) < 4.78 is 0. The predicted octanol–water partition coefficient (Wildman–Crippen LogP) is 1.95. The van der Waals surface area contributed by atoms with E-state index in [1.165, 1.54) is 0 Å². The van der Waals surface area contributed by atoms with Crippen LogP contribution in [0.2, 0.25) is 0 Å². The van der Waals surface area contributed by atoms with Crippen LogP contribution in [0.15, 0.2) is 0 Å². The molecule has 0 spiro atoms. The molecule has 0 aliphatic rings. The highest BCUT2D eigenvalue weighted by atomic mass is 35.5. The zero-order valence-electron chi connectivity index (χ0n) is 5.78. The normalized spacial score (nSPS) is 13.7. The van der Waals surface area contributed by atoms with Gasteiger partial charge in [-0.1, -0.05) is 13.3 Å². The lowest BCUT2D eigenvalue weighted by molar-refractivity contribution is 0.567. The van der Waals surface area contributed by atoms with Gasteiger partial charge in [-0.3, -0.25) is 0 Å². The molecule has 1 radical (unpaired) electrons. The molecule has 0 aromatic rings. The number of nitrogens with two attached hydrogens (primary N) is 1. The summed E-state index contributed by atoms with van der Waals surface area (Å²) in [4.78, 5) is 0. The van der Waals surface area contributed by atoms with Gasteiger partial charge in [0.25, 0.3) is 0 Å². The van der Waals surface area contributed by atoms with Crippen LogP contribution in [-0.4, -0.2) is 11.9 Å². The maximum atomic E-state index is 5.67. The Morgan fingerprint density at radius 3 is 2.56 bits per heavy atom. The molecule has 0 aromatic heterocycles. The molecule has 1 atom stereocenters. The zero-order valence-corrected chi connectivity index (χ0v) is 6.53. The molecule has 0 saturated heterocycles. The summed E-state index contributed by atoms with van der Waals surface area (Å²) in [5.41, 5.74) is 5.67. The Balaban J connectivity index is 2.95. The minimum Gasteiger partial charge on any atom is -0.328 e. The van der Waals surface area contributed by atoms with E-state index in [9.17, 15) is 0 Å². The van der Waals surface area contributed by atoms with Crippen LogP contribution in [-0.2, 0) is 0 Å². The highest BCUT2D eigenvalue weighted by Crippen LogP contribution is 2.01. The molecule has 1 unspecified atom stereocenters. The van der Waals surface area contributed by atoms with Gasteiger partial charge < -0.3 is 5.73 Å². The Morgan fingerprint density at radius 2 is 2.11 bits per heavy atom. The van der Waals surface area contributed by atoms with Crippen molar-refractivity contribution < 1.29 is 0 Å². The monoisotopic (exact) mass is 148 g/mol. The summed E-state index contributed by atoms with van der Waals surface area (Å²) in [6, 6.07) is 0.321. The second-order valence-electron chi connectivity index (χ2n) is 2.23. The summed E-state index contributed by atoms with van der Waals surface area (Å²) in [5.74, 6) is 0.727. The third-order valence-electron chi connectivity index (χ3n) is 1.28. The first-order chi connectivity index (χ1) is 4.31. The Bertz CT molecular complexity index is 56.9. The summed E-state index contributed by atoms with van der Waals surface area (Å²) in [6.07, 6.45) is 4.03. The average molecular weight is 149 g/mol. The largest absolute Gasteiger partial charge is 0.328 e. The predicted molar refractivity (Wildman–Crippen MR) is 42.5 cm³/mol. The highest BCUT2D eigenvalue weighted by molar-refractivity contribution is 6.17. The lowest BCUT2D eigenvalue weighted by Crippen LogP contribution is -2.19. The van der Waals surface area contributed by atoms with Crippen LogP contribution < -0.4 is 5.73 Å². The van der Waals surface area contributed by atoms with Gasteiger partial charge >= 0.3 is 0 Å². The van der Waals surface area contributed by atoms with Crippen molar-refractivity contribution in [3.63, 3.8) is 0 Å². The molecule has 1 nitrogen and oxygen atoms in total. The van der Waals surface area contributed by atoms with E-state index < -0.39 is 0 Å². The first-order valence-electron chi connectivity index (χ1n) is 3.42. The molecule has 9 heavy (non-hydrogen) atoms. The molecule has 0 rings (SSSR count). The summed E-state index contributed by atoms with van der Waals surface area (Å²) >= 11 is 5.47.